The molecule has 0 aromatic heterocycles. The summed E-state index contributed by atoms with van der Waals surface area (Å²) in [6.45, 7) is 5.13. The molecule has 110 heavy (non-hydrogen) atoms. The van der Waals surface area contributed by atoms with Gasteiger partial charge in [-0.15, -0.1) is 0 Å². The zero-order valence-electron chi connectivity index (χ0n) is 61.5. The van der Waals surface area contributed by atoms with Gasteiger partial charge >= 0.3 is 17.9 Å². The predicted molar refractivity (Wildman–Crippen MR) is 407 cm³/mol. The highest BCUT2D eigenvalue weighted by molar-refractivity contribution is 6.99. The highest BCUT2D eigenvalue weighted by Crippen LogP contribution is 2.43. The first kappa shape index (κ1) is 79.1. The molecule has 12 rings (SSSR count). The quantitative estimate of drug-likeness (QED) is 0.00922. The van der Waals surface area contributed by atoms with Gasteiger partial charge in [0.2, 0.25) is 0 Å². The van der Waals surface area contributed by atoms with E-state index in [4.69, 9.17) is 70.7 Å². The molecular formula is C85H88N6O18Si. The Hall–Kier alpha value is -10.4. The molecule has 3 saturated heterocycles. The van der Waals surface area contributed by atoms with E-state index in [1.165, 1.54) is 0 Å². The van der Waals surface area contributed by atoms with Crippen molar-refractivity contribution < 1.29 is 85.1 Å². The molecular weight excluding hydrogens is 1420 g/mol. The molecule has 0 bridgehead atoms. The maximum atomic E-state index is 15.3. The van der Waals surface area contributed by atoms with Gasteiger partial charge in [0, 0.05) is 9.82 Å². The second-order valence-electron chi connectivity index (χ2n) is 27.5. The fourth-order valence-electron chi connectivity index (χ4n) is 13.9. The first-order valence-corrected chi connectivity index (χ1v) is 38.2. The van der Waals surface area contributed by atoms with Crippen LogP contribution in [0.5, 0.6) is 5.75 Å². The molecule has 9 aromatic carbocycles. The Morgan fingerprint density at radius 2 is 0.827 bits per heavy atom. The van der Waals surface area contributed by atoms with E-state index >= 15 is 9.59 Å². The Balaban J connectivity index is 1.00. The molecule has 0 aliphatic carbocycles. The molecule has 3 aliphatic heterocycles. The molecule has 9 aromatic rings. The normalized spacial score (nSPS) is 24.0. The summed E-state index contributed by atoms with van der Waals surface area (Å²) in [7, 11) is -0.974. The van der Waals surface area contributed by atoms with Crippen LogP contribution in [0, 0.1) is 0 Å². The number of azide groups is 2. The number of carbonyl (C=O) groups excluding carboxylic acids is 3. The van der Waals surface area contributed by atoms with Gasteiger partial charge in [-0.3, -0.25) is 0 Å². The summed E-state index contributed by atoms with van der Waals surface area (Å²) in [6.07, 6.45) is -19.9. The summed E-state index contributed by atoms with van der Waals surface area (Å²) in [6, 6.07) is 77.6. The molecule has 25 heteroatoms. The van der Waals surface area contributed by atoms with E-state index in [1.807, 2.05) is 194 Å². The fraction of sp³-hybridized carbons (Fsp3) is 0.329. The minimum atomic E-state index is -3.71. The van der Waals surface area contributed by atoms with Crippen LogP contribution in [-0.4, -0.2) is 146 Å². The van der Waals surface area contributed by atoms with E-state index in [-0.39, 0.29) is 50.8 Å². The van der Waals surface area contributed by atoms with Gasteiger partial charge in [0.15, 0.2) is 25.0 Å². The fourth-order valence-corrected chi connectivity index (χ4v) is 18.5. The molecule has 0 N–H and O–H groups in total. The van der Waals surface area contributed by atoms with E-state index in [9.17, 15) is 15.9 Å². The van der Waals surface area contributed by atoms with Gasteiger partial charge in [-0.25, -0.2) is 14.4 Å². The van der Waals surface area contributed by atoms with Crippen molar-refractivity contribution in [1.29, 1.82) is 0 Å². The molecule has 6 unspecified atom stereocenters. The van der Waals surface area contributed by atoms with Crippen molar-refractivity contribution in [3.05, 3.63) is 327 Å². The lowest BCUT2D eigenvalue weighted by Crippen LogP contribution is -2.72. The highest BCUT2D eigenvalue weighted by atomic mass is 28.4. The maximum absolute atomic E-state index is 15.3. The second-order valence-corrected chi connectivity index (χ2v) is 31.8. The van der Waals surface area contributed by atoms with Crippen molar-refractivity contribution in [2.45, 2.75) is 151 Å². The van der Waals surface area contributed by atoms with Gasteiger partial charge in [0.05, 0.1) is 65.0 Å². The zero-order valence-corrected chi connectivity index (χ0v) is 62.5. The summed E-state index contributed by atoms with van der Waals surface area (Å²) in [5.41, 5.74) is 25.7. The molecule has 570 valence electrons. The average molecular weight is 1510 g/mol. The Bertz CT molecular complexity index is 4410. The average Bonchev–Trinajstić information content (AvgIpc) is 0.735. The van der Waals surface area contributed by atoms with Crippen molar-refractivity contribution in [3.63, 3.8) is 0 Å². The number of ether oxygens (including phenoxy) is 14. The lowest BCUT2D eigenvalue weighted by atomic mass is 9.94. The van der Waals surface area contributed by atoms with Crippen LogP contribution >= 0.6 is 0 Å². The van der Waals surface area contributed by atoms with Crippen molar-refractivity contribution in [2.75, 3.05) is 27.4 Å². The Labute approximate surface area is 639 Å². The molecule has 15 atom stereocenters. The third kappa shape index (κ3) is 19.8. The van der Waals surface area contributed by atoms with Crippen LogP contribution < -0.4 is 15.1 Å². The third-order valence-electron chi connectivity index (χ3n) is 19.3. The largest absolute Gasteiger partial charge is 0.497 e. The SMILES string of the molecule is COC(=O)C1O[C@@H](O[C@H]2C(COCc3ccc(OC)cc3)O[C@@H](O[Si](c3ccccc3)(c3ccccc3)C(C)(C)C)C(N=[N+]=[N-])[C@H]2OC(=O)c2ccccc2)C(OCc2ccccc2)[C@@H](OCc2ccccc2)[C@H]1O[C@@H]1OC(COC(=O)c2ccccc2)[C@H](OCc2ccccc2)[C@H](OCc2ccccc2)C1N=[N+]=[N-]. The Morgan fingerprint density at radius 3 is 1.30 bits per heavy atom. The minimum absolute atomic E-state index is 0.00188. The van der Waals surface area contributed by atoms with Crippen molar-refractivity contribution in [2.24, 2.45) is 10.2 Å². The van der Waals surface area contributed by atoms with Crippen LogP contribution in [0.15, 0.2) is 277 Å². The zero-order chi connectivity index (χ0) is 76.7. The van der Waals surface area contributed by atoms with E-state index in [0.717, 1.165) is 34.2 Å². The molecule has 0 radical (unpaired) electrons. The van der Waals surface area contributed by atoms with E-state index in [0.29, 0.717) is 16.9 Å². The number of benzene rings is 9. The van der Waals surface area contributed by atoms with Gasteiger partial charge in [0.1, 0.15) is 79.4 Å². The summed E-state index contributed by atoms with van der Waals surface area (Å²) in [5, 5.41) is 9.85. The number of hydrogen-bond donors (Lipinski definition) is 0. The lowest BCUT2D eigenvalue weighted by Gasteiger charge is -2.52. The van der Waals surface area contributed by atoms with Gasteiger partial charge in [0.25, 0.3) is 8.32 Å². The molecule has 3 fully saturated rings. The van der Waals surface area contributed by atoms with E-state index < -0.39 is 130 Å². The summed E-state index contributed by atoms with van der Waals surface area (Å²) < 4.78 is 103. The van der Waals surface area contributed by atoms with Crippen molar-refractivity contribution >= 4 is 36.6 Å². The number of carbonyl (C=O) groups is 3. The smallest absolute Gasteiger partial charge is 0.338 e. The first-order valence-electron chi connectivity index (χ1n) is 36.3. The van der Waals surface area contributed by atoms with Crippen molar-refractivity contribution in [1.82, 2.24) is 0 Å². The molecule has 0 saturated carbocycles. The number of hydrogen-bond acceptors (Lipinski definition) is 20. The topological polar surface area (TPSA) is 287 Å². The van der Waals surface area contributed by atoms with Gasteiger partial charge in [-0.05, 0) is 90.7 Å². The minimum Gasteiger partial charge on any atom is -0.497 e. The highest BCUT2D eigenvalue weighted by Gasteiger charge is 2.61. The first-order chi connectivity index (χ1) is 53.7. The van der Waals surface area contributed by atoms with E-state index in [1.54, 1.807) is 79.9 Å². The Kier molecular flexibility index (Phi) is 27.9. The summed E-state index contributed by atoms with van der Waals surface area (Å²) in [5.74, 6) is -1.92. The van der Waals surface area contributed by atoms with Crippen LogP contribution in [0.2, 0.25) is 5.04 Å². The molecule has 3 heterocycles. The van der Waals surface area contributed by atoms with Crippen LogP contribution in [-0.2, 0) is 104 Å². The summed E-state index contributed by atoms with van der Waals surface area (Å²) >= 11 is 0. The standard InChI is InChI=1S/C85H88N6O18Si/c1-85(2,3)110(65-42-26-12-27-43-65,66-44-28-13-29-45-66)109-83-70(89-91-87)74(105-80(93)63-40-24-11-25-41-63)72(67(104-83)55-97-50-61-46-48-64(95-4)49-47-61)106-84-78(101-54-60-36-20-9-21-37-60)75(100-53-59-34-18-8-19-35-59)76(77(108-84)81(94)96-5)107-82-69(88-90-86)73(99-52-58-32-16-7-17-33-58)71(98-51-57-30-14-6-15-31-57)68(103-82)56-102-79(92)62-38-22-10-23-39-62/h6-49,67-78,82-84H,50-56H2,1-5H3/t67?,68?,69?,70?,71-,72-,73+,74+,75-,76+,77?,78?,82-,83-,84+/m0/s1. The number of methoxy groups -OCH3 is 2. The number of rotatable bonds is 33. The molecule has 3 aliphatic rings. The van der Waals surface area contributed by atoms with Gasteiger partial charge in [-0.2, -0.15) is 0 Å². The van der Waals surface area contributed by atoms with E-state index in [2.05, 4.69) is 40.8 Å². The van der Waals surface area contributed by atoms with Crippen molar-refractivity contribution in [3.8, 4) is 5.75 Å². The molecule has 24 nitrogen and oxygen atoms in total. The monoisotopic (exact) mass is 1510 g/mol. The van der Waals surface area contributed by atoms with Gasteiger partial charge < -0.3 is 70.7 Å². The maximum Gasteiger partial charge on any atom is 0.338 e. The third-order valence-corrected chi connectivity index (χ3v) is 24.3. The van der Waals surface area contributed by atoms with Crippen LogP contribution in [0.25, 0.3) is 20.9 Å². The second kappa shape index (κ2) is 38.8. The van der Waals surface area contributed by atoms with Crippen LogP contribution in [0.3, 0.4) is 0 Å². The number of nitrogens with zero attached hydrogens (tertiary/aromatic N) is 6. The Morgan fingerprint density at radius 1 is 0.418 bits per heavy atom. The summed E-state index contributed by atoms with van der Waals surface area (Å²) in [4.78, 5) is 51.3. The number of esters is 3. The predicted octanol–water partition coefficient (Wildman–Crippen LogP) is 13.7. The van der Waals surface area contributed by atoms with Crippen LogP contribution in [0.4, 0.5) is 0 Å². The lowest BCUT2D eigenvalue weighted by molar-refractivity contribution is -0.370. The molecule has 0 amide bonds. The van der Waals surface area contributed by atoms with Gasteiger partial charge in [-0.1, -0.05) is 262 Å². The molecule has 0 spiro atoms. The van der Waals surface area contributed by atoms with Crippen LogP contribution in [0.1, 0.15) is 69.3 Å².